The summed E-state index contributed by atoms with van der Waals surface area (Å²) in [5, 5.41) is 3.86. The summed E-state index contributed by atoms with van der Waals surface area (Å²) in [6.45, 7) is 8.55. The third-order valence-corrected chi connectivity index (χ3v) is 5.59. The fraction of sp³-hybridized carbons (Fsp3) is 0.882. The molecule has 0 amide bonds. The molecule has 2 heteroatoms. The van der Waals surface area contributed by atoms with Gasteiger partial charge in [-0.2, -0.15) is 0 Å². The van der Waals surface area contributed by atoms with Crippen LogP contribution in [0.1, 0.15) is 58.8 Å². The molecule has 1 saturated heterocycles. The highest BCUT2D eigenvalue weighted by Crippen LogP contribution is 2.41. The maximum absolute atomic E-state index is 3.86. The van der Waals surface area contributed by atoms with Crippen molar-refractivity contribution in [3.05, 3.63) is 11.6 Å². The van der Waals surface area contributed by atoms with E-state index in [2.05, 4.69) is 30.1 Å². The Morgan fingerprint density at radius 2 is 2.26 bits per heavy atom. The molecule has 2 aliphatic carbocycles. The number of allylic oxidation sites excluding steroid dienone is 1. The van der Waals surface area contributed by atoms with Crippen LogP contribution in [-0.2, 0) is 0 Å². The Morgan fingerprint density at radius 3 is 2.89 bits per heavy atom. The van der Waals surface area contributed by atoms with Crippen LogP contribution in [-0.4, -0.2) is 36.1 Å². The minimum atomic E-state index is 0.399. The van der Waals surface area contributed by atoms with Gasteiger partial charge in [0.1, 0.15) is 0 Å². The number of rotatable bonds is 5. The van der Waals surface area contributed by atoms with Crippen LogP contribution >= 0.6 is 0 Å². The van der Waals surface area contributed by atoms with Crippen molar-refractivity contribution in [2.75, 3.05) is 19.6 Å². The van der Waals surface area contributed by atoms with Gasteiger partial charge >= 0.3 is 0 Å². The number of nitrogens with one attached hydrogen (secondary N) is 1. The molecule has 3 rings (SSSR count). The fourth-order valence-electron chi connectivity index (χ4n) is 4.00. The van der Waals surface area contributed by atoms with Crippen LogP contribution in [0.15, 0.2) is 11.6 Å². The maximum atomic E-state index is 3.86. The minimum Gasteiger partial charge on any atom is -0.308 e. The van der Waals surface area contributed by atoms with E-state index in [0.29, 0.717) is 5.54 Å². The van der Waals surface area contributed by atoms with E-state index in [-0.39, 0.29) is 0 Å². The lowest BCUT2D eigenvalue weighted by molar-refractivity contribution is 0.0738. The van der Waals surface area contributed by atoms with Crippen LogP contribution in [0.2, 0.25) is 0 Å². The molecule has 1 N–H and O–H groups in total. The summed E-state index contributed by atoms with van der Waals surface area (Å²) in [7, 11) is 0. The van der Waals surface area contributed by atoms with E-state index in [4.69, 9.17) is 0 Å². The first-order chi connectivity index (χ1) is 9.21. The Morgan fingerprint density at radius 1 is 1.42 bits per heavy atom. The van der Waals surface area contributed by atoms with Crippen molar-refractivity contribution in [2.24, 2.45) is 5.92 Å². The second-order valence-electron chi connectivity index (χ2n) is 7.11. The molecule has 2 fully saturated rings. The van der Waals surface area contributed by atoms with Crippen molar-refractivity contribution in [2.45, 2.75) is 70.4 Å². The SMILES string of the molecule is CCC1CNC(C)(C2CC2)CN1CCC1=CCCC1. The molecule has 2 unspecified atom stereocenters. The number of hydrogen-bond acceptors (Lipinski definition) is 2. The molecule has 0 spiro atoms. The van der Waals surface area contributed by atoms with E-state index >= 15 is 0 Å². The van der Waals surface area contributed by atoms with Crippen LogP contribution in [0, 0.1) is 5.92 Å². The van der Waals surface area contributed by atoms with Gasteiger partial charge in [-0.25, -0.2) is 0 Å². The molecular weight excluding hydrogens is 232 g/mol. The topological polar surface area (TPSA) is 15.3 Å². The molecule has 1 aliphatic heterocycles. The molecule has 0 aromatic rings. The second kappa shape index (κ2) is 5.57. The predicted octanol–water partition coefficient (Wildman–Crippen LogP) is 3.34. The van der Waals surface area contributed by atoms with Gasteiger partial charge in [0.2, 0.25) is 0 Å². The molecule has 0 radical (unpaired) electrons. The Kier molecular flexibility index (Phi) is 4.00. The summed E-state index contributed by atoms with van der Waals surface area (Å²) in [4.78, 5) is 2.79. The standard InChI is InChI=1S/C17H30N2/c1-3-16-12-18-17(2,15-8-9-15)13-19(16)11-10-14-6-4-5-7-14/h6,15-16,18H,3-5,7-13H2,1-2H3. The minimum absolute atomic E-state index is 0.399. The first-order valence-corrected chi connectivity index (χ1v) is 8.38. The number of hydrogen-bond donors (Lipinski definition) is 1. The Balaban J connectivity index is 1.58. The number of nitrogens with zero attached hydrogens (tertiary/aromatic N) is 1. The first kappa shape index (κ1) is 13.6. The van der Waals surface area contributed by atoms with Crippen LogP contribution < -0.4 is 5.32 Å². The van der Waals surface area contributed by atoms with Crippen LogP contribution in [0.4, 0.5) is 0 Å². The highest BCUT2D eigenvalue weighted by Gasteiger charge is 2.45. The summed E-state index contributed by atoms with van der Waals surface area (Å²) in [5.74, 6) is 0.943. The van der Waals surface area contributed by atoms with Gasteiger partial charge in [-0.15, -0.1) is 0 Å². The normalized spacial score (nSPS) is 36.5. The van der Waals surface area contributed by atoms with Crippen molar-refractivity contribution in [1.29, 1.82) is 0 Å². The zero-order valence-corrected chi connectivity index (χ0v) is 12.8. The molecule has 0 bridgehead atoms. The van der Waals surface area contributed by atoms with Crippen LogP contribution in [0.25, 0.3) is 0 Å². The van der Waals surface area contributed by atoms with Crippen molar-refractivity contribution in [3.8, 4) is 0 Å². The molecule has 1 saturated carbocycles. The van der Waals surface area contributed by atoms with Crippen molar-refractivity contribution < 1.29 is 0 Å². The molecule has 1 heterocycles. The van der Waals surface area contributed by atoms with Crippen LogP contribution in [0.5, 0.6) is 0 Å². The van der Waals surface area contributed by atoms with E-state index in [1.54, 1.807) is 5.57 Å². The zero-order chi connectivity index (χ0) is 13.3. The Hall–Kier alpha value is -0.340. The average Bonchev–Trinajstić information content (AvgIpc) is 3.15. The van der Waals surface area contributed by atoms with Gasteiger partial charge in [0.15, 0.2) is 0 Å². The summed E-state index contributed by atoms with van der Waals surface area (Å²) >= 11 is 0. The molecular formula is C17H30N2. The first-order valence-electron chi connectivity index (χ1n) is 8.38. The monoisotopic (exact) mass is 262 g/mol. The smallest absolute Gasteiger partial charge is 0.0309 e. The van der Waals surface area contributed by atoms with Gasteiger partial charge in [-0.1, -0.05) is 18.6 Å². The van der Waals surface area contributed by atoms with Gasteiger partial charge in [-0.3, -0.25) is 4.90 Å². The van der Waals surface area contributed by atoms with Gasteiger partial charge < -0.3 is 5.32 Å². The van der Waals surface area contributed by atoms with Gasteiger partial charge in [-0.05, 0) is 57.8 Å². The van der Waals surface area contributed by atoms with E-state index in [1.165, 1.54) is 64.6 Å². The summed E-state index contributed by atoms with van der Waals surface area (Å²) in [5.41, 5.74) is 2.12. The largest absolute Gasteiger partial charge is 0.308 e. The van der Waals surface area contributed by atoms with Crippen molar-refractivity contribution in [1.82, 2.24) is 10.2 Å². The molecule has 2 atom stereocenters. The Bertz CT molecular complexity index is 345. The lowest BCUT2D eigenvalue weighted by Crippen LogP contribution is -2.63. The van der Waals surface area contributed by atoms with Crippen molar-refractivity contribution >= 4 is 0 Å². The van der Waals surface area contributed by atoms with Gasteiger partial charge in [0, 0.05) is 31.2 Å². The molecule has 0 aromatic carbocycles. The highest BCUT2D eigenvalue weighted by atomic mass is 15.3. The fourth-order valence-corrected chi connectivity index (χ4v) is 4.00. The van der Waals surface area contributed by atoms with Gasteiger partial charge in [0.25, 0.3) is 0 Å². The molecule has 108 valence electrons. The van der Waals surface area contributed by atoms with E-state index in [9.17, 15) is 0 Å². The average molecular weight is 262 g/mol. The number of piperazine rings is 1. The van der Waals surface area contributed by atoms with E-state index < -0.39 is 0 Å². The summed E-state index contributed by atoms with van der Waals surface area (Å²) in [6, 6.07) is 0.758. The molecule has 3 aliphatic rings. The third-order valence-electron chi connectivity index (χ3n) is 5.59. The summed E-state index contributed by atoms with van der Waals surface area (Å²) < 4.78 is 0. The maximum Gasteiger partial charge on any atom is 0.0309 e. The molecule has 2 nitrogen and oxygen atoms in total. The van der Waals surface area contributed by atoms with Crippen LogP contribution in [0.3, 0.4) is 0 Å². The highest BCUT2D eigenvalue weighted by molar-refractivity contribution is 5.09. The lowest BCUT2D eigenvalue weighted by Gasteiger charge is -2.46. The van der Waals surface area contributed by atoms with E-state index in [0.717, 1.165) is 12.0 Å². The van der Waals surface area contributed by atoms with E-state index in [1.807, 2.05) is 0 Å². The quantitative estimate of drug-likeness (QED) is 0.765. The third kappa shape index (κ3) is 3.05. The van der Waals surface area contributed by atoms with Crippen molar-refractivity contribution in [3.63, 3.8) is 0 Å². The molecule has 0 aromatic heterocycles. The predicted molar refractivity (Wildman–Crippen MR) is 81.3 cm³/mol. The van der Waals surface area contributed by atoms with Gasteiger partial charge in [0.05, 0.1) is 0 Å². The molecule has 19 heavy (non-hydrogen) atoms. The Labute approximate surface area is 118 Å². The lowest BCUT2D eigenvalue weighted by atomic mass is 9.90. The summed E-state index contributed by atoms with van der Waals surface area (Å²) in [6.07, 6.45) is 12.1. The second-order valence-corrected chi connectivity index (χ2v) is 7.11. The zero-order valence-electron chi connectivity index (χ0n) is 12.8.